The van der Waals surface area contributed by atoms with Crippen LogP contribution in [0.1, 0.15) is 21.5 Å². The second-order valence-corrected chi connectivity index (χ2v) is 7.13. The van der Waals surface area contributed by atoms with Crippen molar-refractivity contribution < 1.29 is 29.1 Å². The summed E-state index contributed by atoms with van der Waals surface area (Å²) in [4.78, 5) is 33.9. The molecule has 10 heteroatoms. The van der Waals surface area contributed by atoms with Crippen molar-refractivity contribution in [1.29, 1.82) is 5.26 Å². The van der Waals surface area contributed by atoms with Crippen molar-refractivity contribution in [3.05, 3.63) is 99.1 Å². The van der Waals surface area contributed by atoms with E-state index in [1.807, 2.05) is 6.07 Å². The number of nitro benzene ring substituents is 1. The molecule has 1 amide bonds. The Hall–Kier alpha value is -5.17. The highest BCUT2D eigenvalue weighted by atomic mass is 16.6. The van der Waals surface area contributed by atoms with Gasteiger partial charge in [0.2, 0.25) is 0 Å². The quantitative estimate of drug-likeness (QED) is 0.200. The van der Waals surface area contributed by atoms with Crippen LogP contribution in [0.4, 0.5) is 11.4 Å². The molecule has 0 aliphatic rings. The maximum absolute atomic E-state index is 12.5. The molecule has 3 rings (SSSR count). The molecule has 0 atom stereocenters. The van der Waals surface area contributed by atoms with Crippen LogP contribution in [0.25, 0.3) is 6.08 Å². The van der Waals surface area contributed by atoms with E-state index in [0.717, 1.165) is 5.56 Å². The lowest BCUT2D eigenvalue weighted by Gasteiger charge is -2.12. The Bertz CT molecular complexity index is 1340. The van der Waals surface area contributed by atoms with Crippen molar-refractivity contribution in [2.75, 3.05) is 12.4 Å². The van der Waals surface area contributed by atoms with E-state index in [2.05, 4.69) is 5.32 Å². The normalized spacial score (nSPS) is 10.7. The number of carboxylic acids is 1. The van der Waals surface area contributed by atoms with Gasteiger partial charge in [0.15, 0.2) is 11.5 Å². The molecule has 0 saturated carbocycles. The topological polar surface area (TPSA) is 152 Å². The molecule has 10 nitrogen and oxygen atoms in total. The molecule has 0 aromatic heterocycles. The molecule has 0 saturated heterocycles. The van der Waals surface area contributed by atoms with Crippen molar-refractivity contribution >= 4 is 29.3 Å². The number of hydrogen-bond acceptors (Lipinski definition) is 7. The lowest BCUT2D eigenvalue weighted by Crippen LogP contribution is -2.14. The minimum Gasteiger partial charge on any atom is -0.493 e. The van der Waals surface area contributed by atoms with E-state index in [4.69, 9.17) is 14.6 Å². The third-order valence-electron chi connectivity index (χ3n) is 4.77. The van der Waals surface area contributed by atoms with Gasteiger partial charge in [0.25, 0.3) is 11.6 Å². The van der Waals surface area contributed by atoms with Gasteiger partial charge < -0.3 is 19.9 Å². The average molecular weight is 473 g/mol. The summed E-state index contributed by atoms with van der Waals surface area (Å²) in [7, 11) is 1.44. The second-order valence-electron chi connectivity index (χ2n) is 7.13. The Morgan fingerprint density at radius 1 is 1.11 bits per heavy atom. The molecule has 176 valence electrons. The van der Waals surface area contributed by atoms with Gasteiger partial charge in [-0.15, -0.1) is 0 Å². The summed E-state index contributed by atoms with van der Waals surface area (Å²) < 4.78 is 11.1. The lowest BCUT2D eigenvalue weighted by atomic mass is 10.1. The number of carbonyl (C=O) groups is 2. The first-order valence-corrected chi connectivity index (χ1v) is 10.1. The summed E-state index contributed by atoms with van der Waals surface area (Å²) in [5.74, 6) is -1.09. The van der Waals surface area contributed by atoms with Crippen LogP contribution in [-0.2, 0) is 11.4 Å². The van der Waals surface area contributed by atoms with Gasteiger partial charge in [-0.25, -0.2) is 4.79 Å². The molecular formula is C25H19N3O7. The number of carbonyl (C=O) groups excluding carboxylic acids is 1. The van der Waals surface area contributed by atoms with E-state index in [0.29, 0.717) is 17.1 Å². The summed E-state index contributed by atoms with van der Waals surface area (Å²) in [5, 5.41) is 31.8. The number of nitro groups is 1. The highest BCUT2D eigenvalue weighted by Gasteiger charge is 2.13. The summed E-state index contributed by atoms with van der Waals surface area (Å²) in [6, 6.07) is 18.3. The van der Waals surface area contributed by atoms with Crippen LogP contribution in [-0.4, -0.2) is 29.0 Å². The van der Waals surface area contributed by atoms with Crippen LogP contribution >= 0.6 is 0 Å². The molecule has 0 aliphatic carbocycles. The number of aromatic carboxylic acids is 1. The SMILES string of the molecule is COc1cc(C=C(C#N)C(=O)Nc2cccc(C(=O)O)c2)ccc1OCc1ccc([N+](=O)[O-])cc1. The zero-order valence-corrected chi connectivity index (χ0v) is 18.4. The molecule has 0 radical (unpaired) electrons. The fourth-order valence-corrected chi connectivity index (χ4v) is 3.01. The summed E-state index contributed by atoms with van der Waals surface area (Å²) in [6.45, 7) is 0.144. The second kappa shape index (κ2) is 11.1. The van der Waals surface area contributed by atoms with Crippen LogP contribution in [0.5, 0.6) is 11.5 Å². The third-order valence-corrected chi connectivity index (χ3v) is 4.77. The first-order chi connectivity index (χ1) is 16.8. The molecule has 3 aromatic rings. The Balaban J connectivity index is 1.73. The van der Waals surface area contributed by atoms with Crippen LogP contribution in [0, 0.1) is 21.4 Å². The van der Waals surface area contributed by atoms with Gasteiger partial charge in [-0.3, -0.25) is 14.9 Å². The number of methoxy groups -OCH3 is 1. The van der Waals surface area contributed by atoms with E-state index in [1.165, 1.54) is 49.6 Å². The number of non-ortho nitro benzene ring substituents is 1. The average Bonchev–Trinajstić information content (AvgIpc) is 2.86. The Morgan fingerprint density at radius 3 is 2.49 bits per heavy atom. The number of hydrogen-bond donors (Lipinski definition) is 2. The zero-order valence-electron chi connectivity index (χ0n) is 18.4. The van der Waals surface area contributed by atoms with E-state index >= 15 is 0 Å². The highest BCUT2D eigenvalue weighted by molar-refractivity contribution is 6.10. The predicted octanol–water partition coefficient (Wildman–Crippen LogP) is 4.43. The molecule has 0 aliphatic heterocycles. The molecule has 35 heavy (non-hydrogen) atoms. The number of anilines is 1. The minimum absolute atomic E-state index is 0.000613. The van der Waals surface area contributed by atoms with Crippen LogP contribution < -0.4 is 14.8 Å². The molecule has 0 unspecified atom stereocenters. The molecule has 0 heterocycles. The fourth-order valence-electron chi connectivity index (χ4n) is 3.01. The predicted molar refractivity (Wildman–Crippen MR) is 126 cm³/mol. The van der Waals surface area contributed by atoms with Gasteiger partial charge in [0, 0.05) is 17.8 Å². The largest absolute Gasteiger partial charge is 0.493 e. The van der Waals surface area contributed by atoms with Crippen LogP contribution in [0.3, 0.4) is 0 Å². The molecule has 0 bridgehead atoms. The Morgan fingerprint density at radius 2 is 1.86 bits per heavy atom. The van der Waals surface area contributed by atoms with Crippen LogP contribution in [0.2, 0.25) is 0 Å². The third kappa shape index (κ3) is 6.43. The number of rotatable bonds is 9. The first kappa shape index (κ1) is 24.5. The zero-order chi connectivity index (χ0) is 25.4. The highest BCUT2D eigenvalue weighted by Crippen LogP contribution is 2.30. The molecule has 3 aromatic carbocycles. The van der Waals surface area contributed by atoms with E-state index in [-0.39, 0.29) is 29.1 Å². The van der Waals surface area contributed by atoms with E-state index in [1.54, 1.807) is 30.3 Å². The molecule has 0 fully saturated rings. The number of nitriles is 1. The first-order valence-electron chi connectivity index (χ1n) is 10.1. The number of nitrogens with one attached hydrogen (secondary N) is 1. The minimum atomic E-state index is -1.14. The molecular weight excluding hydrogens is 454 g/mol. The smallest absolute Gasteiger partial charge is 0.335 e. The van der Waals surface area contributed by atoms with Gasteiger partial charge >= 0.3 is 5.97 Å². The van der Waals surface area contributed by atoms with Gasteiger partial charge in [-0.1, -0.05) is 12.1 Å². The number of nitrogens with zero attached hydrogens (tertiary/aromatic N) is 2. The Kier molecular flexibility index (Phi) is 7.77. The van der Waals surface area contributed by atoms with E-state index < -0.39 is 16.8 Å². The van der Waals surface area contributed by atoms with Gasteiger partial charge in [0.05, 0.1) is 17.6 Å². The number of carboxylic acid groups (broad SMARTS) is 1. The van der Waals surface area contributed by atoms with Crippen molar-refractivity contribution in [2.45, 2.75) is 6.61 Å². The van der Waals surface area contributed by atoms with Gasteiger partial charge in [-0.05, 0) is 59.7 Å². The number of ether oxygens (including phenoxy) is 2. The number of amides is 1. The van der Waals surface area contributed by atoms with Crippen LogP contribution in [0.15, 0.2) is 72.3 Å². The summed E-state index contributed by atoms with van der Waals surface area (Å²) in [5.41, 5.74) is 1.23. The van der Waals surface area contributed by atoms with Gasteiger partial charge in [0.1, 0.15) is 18.2 Å². The van der Waals surface area contributed by atoms with Crippen molar-refractivity contribution in [3.8, 4) is 17.6 Å². The molecule has 0 spiro atoms. The maximum Gasteiger partial charge on any atom is 0.335 e. The summed E-state index contributed by atoms with van der Waals surface area (Å²) in [6.07, 6.45) is 1.36. The van der Waals surface area contributed by atoms with Crippen molar-refractivity contribution in [1.82, 2.24) is 0 Å². The fraction of sp³-hybridized carbons (Fsp3) is 0.0800. The maximum atomic E-state index is 12.5. The van der Waals surface area contributed by atoms with Crippen molar-refractivity contribution in [3.63, 3.8) is 0 Å². The standard InChI is InChI=1S/C25H19N3O7/c1-34-23-12-17(7-10-22(23)35-15-16-5-8-21(9-6-16)28(32)33)11-19(14-26)24(29)27-20-4-2-3-18(13-20)25(30)31/h2-13H,15H2,1H3,(H,27,29)(H,30,31). The monoisotopic (exact) mass is 473 g/mol. The molecule has 2 N–H and O–H groups in total. The number of benzene rings is 3. The lowest BCUT2D eigenvalue weighted by molar-refractivity contribution is -0.384. The van der Waals surface area contributed by atoms with E-state index in [9.17, 15) is 25.0 Å². The Labute approximate surface area is 199 Å². The van der Waals surface area contributed by atoms with Gasteiger partial charge in [-0.2, -0.15) is 5.26 Å². The van der Waals surface area contributed by atoms with Crippen molar-refractivity contribution in [2.24, 2.45) is 0 Å². The summed E-state index contributed by atoms with van der Waals surface area (Å²) >= 11 is 0.